The molecule has 7 heteroatoms. The molecule has 0 amide bonds. The highest BCUT2D eigenvalue weighted by atomic mass is 79.9. The molecule has 0 aliphatic heterocycles. The number of hydrogen-bond donors (Lipinski definition) is 3. The van der Waals surface area contributed by atoms with Crippen LogP contribution in [-0.2, 0) is 0 Å². The summed E-state index contributed by atoms with van der Waals surface area (Å²) in [7, 11) is 0. The molecule has 0 atom stereocenters. The van der Waals surface area contributed by atoms with Crippen molar-refractivity contribution in [3.05, 3.63) is 22.7 Å². The molecule has 0 aliphatic rings. The molecule has 1 aromatic heterocycles. The molecule has 0 unspecified atom stereocenters. The lowest BCUT2D eigenvalue weighted by Crippen LogP contribution is -2.01. The summed E-state index contributed by atoms with van der Waals surface area (Å²) in [6.45, 7) is 0. The Balaban J connectivity index is 2.56. The van der Waals surface area contributed by atoms with Crippen LogP contribution in [0.5, 0.6) is 5.75 Å². The maximum Gasteiger partial charge on any atom is 0.211 e. The van der Waals surface area contributed by atoms with Gasteiger partial charge >= 0.3 is 0 Å². The molecule has 2 rings (SSSR count). The van der Waals surface area contributed by atoms with Gasteiger partial charge in [-0.2, -0.15) is 0 Å². The van der Waals surface area contributed by atoms with Gasteiger partial charge in [0.05, 0.1) is 5.52 Å². The average molecular weight is 299 g/mol. The number of halogens is 1. The summed E-state index contributed by atoms with van der Waals surface area (Å²) in [5.74, 6) is 0.261. The lowest BCUT2D eigenvalue weighted by atomic mass is 10.2. The standard InChI is InChI=1S/C9H7BrN4OS/c10-4-1-2-6-5(3-4)7(15)8(12-6)13-14-9(11)16/h1-3,12,15H,(H2,11,16)/b14-13+. The lowest BCUT2D eigenvalue weighted by Gasteiger charge is -1.91. The van der Waals surface area contributed by atoms with Crippen LogP contribution in [0.3, 0.4) is 0 Å². The van der Waals surface area contributed by atoms with Crippen LogP contribution in [0.15, 0.2) is 32.9 Å². The summed E-state index contributed by atoms with van der Waals surface area (Å²) in [6.07, 6.45) is 0. The Morgan fingerprint density at radius 3 is 2.94 bits per heavy atom. The van der Waals surface area contributed by atoms with E-state index in [1.165, 1.54) is 0 Å². The summed E-state index contributed by atoms with van der Waals surface area (Å²) in [5, 5.41) is 17.6. The number of thiocarbonyl (C=S) groups is 1. The molecule has 0 bridgehead atoms. The molecule has 2 aromatic rings. The van der Waals surface area contributed by atoms with E-state index in [-0.39, 0.29) is 16.7 Å². The third-order valence-electron chi connectivity index (χ3n) is 1.96. The monoisotopic (exact) mass is 298 g/mol. The molecule has 0 spiro atoms. The molecular formula is C9H7BrN4OS. The Morgan fingerprint density at radius 2 is 2.25 bits per heavy atom. The van der Waals surface area contributed by atoms with E-state index in [0.717, 1.165) is 9.99 Å². The van der Waals surface area contributed by atoms with E-state index >= 15 is 0 Å². The van der Waals surface area contributed by atoms with Crippen molar-refractivity contribution in [3.63, 3.8) is 0 Å². The molecule has 4 N–H and O–H groups in total. The number of hydrogen-bond acceptors (Lipinski definition) is 3. The second kappa shape index (κ2) is 4.18. The highest BCUT2D eigenvalue weighted by molar-refractivity contribution is 9.10. The van der Waals surface area contributed by atoms with E-state index in [2.05, 4.69) is 43.4 Å². The number of nitrogens with one attached hydrogen (secondary N) is 1. The van der Waals surface area contributed by atoms with Crippen LogP contribution in [-0.4, -0.2) is 15.2 Å². The lowest BCUT2D eigenvalue weighted by molar-refractivity contribution is 0.482. The van der Waals surface area contributed by atoms with Crippen LogP contribution in [0, 0.1) is 0 Å². The number of fused-ring (bicyclic) bond motifs is 1. The van der Waals surface area contributed by atoms with Crippen molar-refractivity contribution in [3.8, 4) is 5.75 Å². The van der Waals surface area contributed by atoms with Gasteiger partial charge in [-0.15, -0.1) is 10.2 Å². The number of aromatic hydroxyl groups is 1. The fraction of sp³-hybridized carbons (Fsp3) is 0. The smallest absolute Gasteiger partial charge is 0.211 e. The van der Waals surface area contributed by atoms with E-state index in [0.29, 0.717) is 5.39 Å². The normalized spacial score (nSPS) is 11.3. The minimum atomic E-state index is -0.0840. The molecule has 82 valence electrons. The van der Waals surface area contributed by atoms with Crippen LogP contribution in [0.2, 0.25) is 0 Å². The van der Waals surface area contributed by atoms with Crippen molar-refractivity contribution in [1.82, 2.24) is 4.98 Å². The second-order valence-electron chi connectivity index (χ2n) is 3.05. The number of aromatic amines is 1. The topological polar surface area (TPSA) is 86.8 Å². The zero-order valence-electron chi connectivity index (χ0n) is 7.94. The van der Waals surface area contributed by atoms with Gasteiger partial charge in [-0.3, -0.25) is 0 Å². The van der Waals surface area contributed by atoms with E-state index in [1.54, 1.807) is 6.07 Å². The maximum atomic E-state index is 9.84. The van der Waals surface area contributed by atoms with Crippen molar-refractivity contribution < 1.29 is 5.11 Å². The SMILES string of the molecule is NC(=S)/N=N/c1[nH]c2ccc(Br)cc2c1O. The fourth-order valence-corrected chi connectivity index (χ4v) is 1.71. The zero-order chi connectivity index (χ0) is 11.7. The molecule has 5 nitrogen and oxygen atoms in total. The summed E-state index contributed by atoms with van der Waals surface area (Å²) in [6, 6.07) is 5.45. The molecule has 0 aliphatic carbocycles. The molecule has 0 fully saturated rings. The van der Waals surface area contributed by atoms with Crippen LogP contribution in [0.4, 0.5) is 5.82 Å². The van der Waals surface area contributed by atoms with E-state index in [9.17, 15) is 5.11 Å². The van der Waals surface area contributed by atoms with E-state index < -0.39 is 0 Å². The van der Waals surface area contributed by atoms with Crippen LogP contribution < -0.4 is 5.73 Å². The minimum absolute atomic E-state index is 0.0244. The summed E-state index contributed by atoms with van der Waals surface area (Å²) in [4.78, 5) is 2.90. The van der Waals surface area contributed by atoms with Crippen LogP contribution >= 0.6 is 28.1 Å². The third kappa shape index (κ3) is 2.05. The van der Waals surface area contributed by atoms with Crippen LogP contribution in [0.1, 0.15) is 0 Å². The predicted octanol–water partition coefficient (Wildman–Crippen LogP) is 2.96. The predicted molar refractivity (Wildman–Crippen MR) is 69.0 cm³/mol. The molecule has 0 saturated heterocycles. The van der Waals surface area contributed by atoms with Crippen molar-refractivity contribution in [2.75, 3.05) is 0 Å². The van der Waals surface area contributed by atoms with Gasteiger partial charge in [0.25, 0.3) is 0 Å². The Morgan fingerprint density at radius 1 is 1.50 bits per heavy atom. The first-order chi connectivity index (χ1) is 7.58. The first-order valence-electron chi connectivity index (χ1n) is 4.29. The van der Waals surface area contributed by atoms with Gasteiger partial charge in [-0.05, 0) is 30.4 Å². The van der Waals surface area contributed by atoms with Gasteiger partial charge in [-0.25, -0.2) is 0 Å². The van der Waals surface area contributed by atoms with Gasteiger partial charge in [0, 0.05) is 9.86 Å². The quantitative estimate of drug-likeness (QED) is 0.559. The maximum absolute atomic E-state index is 9.84. The summed E-state index contributed by atoms with van der Waals surface area (Å²) >= 11 is 7.87. The Labute approximate surface area is 104 Å². The number of benzene rings is 1. The Bertz CT molecular complexity index is 592. The molecule has 0 saturated carbocycles. The summed E-state index contributed by atoms with van der Waals surface area (Å²) < 4.78 is 0.868. The van der Waals surface area contributed by atoms with Crippen LogP contribution in [0.25, 0.3) is 10.9 Å². The highest BCUT2D eigenvalue weighted by Gasteiger charge is 2.09. The van der Waals surface area contributed by atoms with E-state index in [1.807, 2.05) is 12.1 Å². The average Bonchev–Trinajstić information content (AvgIpc) is 2.53. The molecule has 1 heterocycles. The van der Waals surface area contributed by atoms with Crippen molar-refractivity contribution in [1.29, 1.82) is 0 Å². The molecule has 0 radical (unpaired) electrons. The zero-order valence-corrected chi connectivity index (χ0v) is 10.3. The van der Waals surface area contributed by atoms with Gasteiger partial charge < -0.3 is 15.8 Å². The van der Waals surface area contributed by atoms with Gasteiger partial charge in [0.15, 0.2) is 11.6 Å². The van der Waals surface area contributed by atoms with Gasteiger partial charge in [0.1, 0.15) is 0 Å². The first kappa shape index (κ1) is 11.0. The number of H-pyrrole nitrogens is 1. The number of nitrogens with two attached hydrogens (primary N) is 1. The number of aromatic nitrogens is 1. The number of nitrogens with zero attached hydrogens (tertiary/aromatic N) is 2. The van der Waals surface area contributed by atoms with Crippen molar-refractivity contribution >= 4 is 50.0 Å². The van der Waals surface area contributed by atoms with Gasteiger partial charge in [-0.1, -0.05) is 15.9 Å². The largest absolute Gasteiger partial charge is 0.504 e. The van der Waals surface area contributed by atoms with Crippen molar-refractivity contribution in [2.24, 2.45) is 16.0 Å². The summed E-state index contributed by atoms with van der Waals surface area (Å²) in [5.41, 5.74) is 5.94. The third-order valence-corrected chi connectivity index (χ3v) is 2.54. The van der Waals surface area contributed by atoms with E-state index in [4.69, 9.17) is 5.73 Å². The number of azo groups is 1. The fourth-order valence-electron chi connectivity index (χ4n) is 1.31. The highest BCUT2D eigenvalue weighted by Crippen LogP contribution is 2.36. The molecular weight excluding hydrogens is 292 g/mol. The first-order valence-corrected chi connectivity index (χ1v) is 5.49. The van der Waals surface area contributed by atoms with Gasteiger partial charge in [0.2, 0.25) is 5.11 Å². The molecule has 16 heavy (non-hydrogen) atoms. The second-order valence-corrected chi connectivity index (χ2v) is 4.38. The molecule has 1 aromatic carbocycles. The number of rotatable bonds is 1. The minimum Gasteiger partial charge on any atom is -0.504 e. The Hall–Kier alpha value is -1.47. The van der Waals surface area contributed by atoms with Crippen molar-refractivity contribution in [2.45, 2.75) is 0 Å². The Kier molecular flexibility index (Phi) is 2.88.